The molecule has 48 heavy (non-hydrogen) atoms. The minimum Gasteiger partial charge on any atom is -0.306 e. The molecule has 8 heteroatoms. The number of pyridine rings is 2. The molecule has 0 bridgehead atoms. The first kappa shape index (κ1) is 39.3. The Morgan fingerprint density at radius 3 is 1.27 bits per heavy atom. The molecule has 4 aromatic heterocycles. The normalized spacial score (nSPS) is 12.0. The van der Waals surface area contributed by atoms with Gasteiger partial charge in [0.2, 0.25) is 0 Å². The van der Waals surface area contributed by atoms with Crippen molar-refractivity contribution in [1.29, 1.82) is 0 Å². The van der Waals surface area contributed by atoms with Crippen molar-refractivity contribution in [2.45, 2.75) is 145 Å². The van der Waals surface area contributed by atoms with Crippen molar-refractivity contribution >= 4 is 65.6 Å². The fourth-order valence-corrected chi connectivity index (χ4v) is 10.1. The van der Waals surface area contributed by atoms with Gasteiger partial charge in [0.05, 0.1) is 29.7 Å². The highest BCUT2D eigenvalue weighted by atomic mass is 79.9. The number of hydrogen-bond acceptors (Lipinski definition) is 4. The average molecular weight is 821 g/mol. The highest BCUT2D eigenvalue weighted by Gasteiger charge is 2.21. The van der Waals surface area contributed by atoms with Crippen LogP contribution < -0.4 is 11.1 Å². The van der Waals surface area contributed by atoms with Gasteiger partial charge < -0.3 is 9.13 Å². The lowest BCUT2D eigenvalue weighted by Crippen LogP contribution is -2.28. The van der Waals surface area contributed by atoms with Gasteiger partial charge in [-0.2, -0.15) is 0 Å². The molecule has 4 heterocycles. The van der Waals surface area contributed by atoms with Crippen LogP contribution in [0.1, 0.15) is 130 Å². The predicted molar refractivity (Wildman–Crippen MR) is 218 cm³/mol. The molecule has 0 spiro atoms. The highest BCUT2D eigenvalue weighted by Crippen LogP contribution is 2.38. The van der Waals surface area contributed by atoms with Crippen molar-refractivity contribution in [3.63, 3.8) is 0 Å². The van der Waals surface area contributed by atoms with E-state index in [4.69, 9.17) is 0 Å². The van der Waals surface area contributed by atoms with Crippen LogP contribution in [0.2, 0.25) is 0 Å². The molecule has 4 aromatic rings. The van der Waals surface area contributed by atoms with E-state index in [0.717, 1.165) is 66.9 Å². The van der Waals surface area contributed by atoms with Crippen LogP contribution >= 0.6 is 54.5 Å². The van der Waals surface area contributed by atoms with Crippen LogP contribution in [0.5, 0.6) is 0 Å². The second-order valence-corrected chi connectivity index (χ2v) is 19.1. The number of aryl methyl sites for hydroxylation is 2. The Hall–Kier alpha value is -1.48. The molecule has 4 rings (SSSR count). The largest absolute Gasteiger partial charge is 0.306 e. The van der Waals surface area contributed by atoms with Gasteiger partial charge in [-0.1, -0.05) is 106 Å². The Bertz CT molecular complexity index is 1620. The number of unbranched alkanes of at least 4 members (excludes halogenated alkanes) is 10. The van der Waals surface area contributed by atoms with Gasteiger partial charge >= 0.3 is 0 Å². The summed E-state index contributed by atoms with van der Waals surface area (Å²) in [7, 11) is 0. The monoisotopic (exact) mass is 818 g/mol. The first-order chi connectivity index (χ1) is 23.0. The van der Waals surface area contributed by atoms with Crippen molar-refractivity contribution in [3.05, 3.63) is 63.7 Å². The Morgan fingerprint density at radius 1 is 0.562 bits per heavy atom. The minimum absolute atomic E-state index is 0.0458. The van der Waals surface area contributed by atoms with E-state index < -0.39 is 0 Å². The summed E-state index contributed by atoms with van der Waals surface area (Å²) in [5.41, 5.74) is 5.75. The molecule has 0 unspecified atom stereocenters. The summed E-state index contributed by atoms with van der Waals surface area (Å²) in [6.07, 6.45) is 15.8. The number of rotatable bonds is 20. The minimum atomic E-state index is 0.0458. The molecule has 0 aliphatic carbocycles. The zero-order chi connectivity index (χ0) is 34.8. The summed E-state index contributed by atoms with van der Waals surface area (Å²) in [6.45, 7) is 14.7. The predicted octanol–water partition coefficient (Wildman–Crippen LogP) is 13.3. The first-order valence-corrected chi connectivity index (χ1v) is 21.7. The van der Waals surface area contributed by atoms with E-state index in [1.807, 2.05) is 21.3 Å². The molecule has 0 saturated heterocycles. The Kier molecular flexibility index (Phi) is 15.7. The average Bonchev–Trinajstić information content (AvgIpc) is 3.58. The molecule has 0 amide bonds. The van der Waals surface area contributed by atoms with Crippen LogP contribution in [0.25, 0.3) is 31.9 Å². The molecule has 0 saturated carbocycles. The third kappa shape index (κ3) is 10.3. The van der Waals surface area contributed by atoms with Gasteiger partial charge in [0.25, 0.3) is 11.1 Å². The SMILES string of the molecule is CCCCCCCCn1c(=O)c(-c2cc(CC(C)C)c(Br)s2)cc2c1cc(-c1cc(CC(C)C)c(Br)s1)c(=O)n2CCCCCCCC. The fraction of sp³-hybridized carbons (Fsp3) is 0.600. The van der Waals surface area contributed by atoms with Gasteiger partial charge in [-0.05, 0) is 105 Å². The quantitative estimate of drug-likeness (QED) is 0.0834. The molecule has 0 aromatic carbocycles. The molecule has 0 fully saturated rings. The molecular weight excluding hydrogens is 764 g/mol. The lowest BCUT2D eigenvalue weighted by atomic mass is 10.0. The molecule has 0 N–H and O–H groups in total. The van der Waals surface area contributed by atoms with Gasteiger partial charge in [-0.3, -0.25) is 9.59 Å². The number of halogens is 2. The molecule has 0 aliphatic heterocycles. The van der Waals surface area contributed by atoms with Crippen LogP contribution in [0.3, 0.4) is 0 Å². The summed E-state index contributed by atoms with van der Waals surface area (Å²) >= 11 is 10.9. The first-order valence-electron chi connectivity index (χ1n) is 18.4. The van der Waals surface area contributed by atoms with E-state index in [1.165, 1.54) is 62.5 Å². The third-order valence-corrected chi connectivity index (χ3v) is 13.1. The fourth-order valence-electron chi connectivity index (χ4n) is 6.62. The van der Waals surface area contributed by atoms with Crippen LogP contribution in [0.15, 0.2) is 41.4 Å². The molecule has 0 radical (unpaired) electrons. The molecule has 4 nitrogen and oxygen atoms in total. The van der Waals surface area contributed by atoms with Crippen LogP contribution in [-0.4, -0.2) is 9.13 Å². The summed E-state index contributed by atoms with van der Waals surface area (Å²) in [4.78, 5) is 31.0. The van der Waals surface area contributed by atoms with Crippen LogP contribution in [0.4, 0.5) is 0 Å². The van der Waals surface area contributed by atoms with Crippen molar-refractivity contribution in [3.8, 4) is 20.9 Å². The van der Waals surface area contributed by atoms with E-state index in [0.29, 0.717) is 36.1 Å². The van der Waals surface area contributed by atoms with E-state index in [2.05, 4.69) is 85.5 Å². The maximum Gasteiger partial charge on any atom is 0.259 e. The van der Waals surface area contributed by atoms with Crippen molar-refractivity contribution in [2.24, 2.45) is 11.8 Å². The molecule has 0 aliphatic rings. The Labute approximate surface area is 313 Å². The lowest BCUT2D eigenvalue weighted by molar-refractivity contribution is 0.551. The standard InChI is InChI=1S/C40H56Br2N2O2S2/c1-7-9-11-13-15-17-19-43-33-25-32(36-24-30(22-28(5)6)38(42)48-36)40(46)44(20-18-16-14-12-10-8-2)34(33)26-31(39(43)45)35-23-29(21-27(3)4)37(41)47-35/h23-28H,7-22H2,1-6H3. The second kappa shape index (κ2) is 19.2. The maximum absolute atomic E-state index is 14.5. The Balaban J connectivity index is 1.90. The van der Waals surface area contributed by atoms with Gasteiger partial charge in [0.15, 0.2) is 0 Å². The topological polar surface area (TPSA) is 44.0 Å². The molecule has 0 atom stereocenters. The summed E-state index contributed by atoms with van der Waals surface area (Å²) in [6, 6.07) is 8.44. The smallest absolute Gasteiger partial charge is 0.259 e. The van der Waals surface area contributed by atoms with Crippen molar-refractivity contribution in [2.75, 3.05) is 0 Å². The zero-order valence-electron chi connectivity index (χ0n) is 30.1. The number of thiophene rings is 2. The van der Waals surface area contributed by atoms with Crippen LogP contribution in [-0.2, 0) is 25.9 Å². The van der Waals surface area contributed by atoms with Gasteiger partial charge in [0, 0.05) is 22.8 Å². The van der Waals surface area contributed by atoms with Gasteiger partial charge in [-0.25, -0.2) is 0 Å². The van der Waals surface area contributed by atoms with E-state index >= 15 is 0 Å². The number of fused-ring (bicyclic) bond motifs is 1. The summed E-state index contributed by atoms with van der Waals surface area (Å²) < 4.78 is 6.18. The number of nitrogens with zero attached hydrogens (tertiary/aromatic N) is 2. The molecule has 264 valence electrons. The Morgan fingerprint density at radius 2 is 0.917 bits per heavy atom. The lowest BCUT2D eigenvalue weighted by Gasteiger charge is -2.18. The number of aromatic nitrogens is 2. The molecular formula is C40H56Br2N2O2S2. The van der Waals surface area contributed by atoms with Gasteiger partial charge in [0.1, 0.15) is 0 Å². The third-order valence-electron chi connectivity index (χ3n) is 9.13. The second-order valence-electron chi connectivity index (χ2n) is 14.4. The van der Waals surface area contributed by atoms with E-state index in [9.17, 15) is 9.59 Å². The van der Waals surface area contributed by atoms with Crippen molar-refractivity contribution in [1.82, 2.24) is 9.13 Å². The van der Waals surface area contributed by atoms with Crippen LogP contribution in [0, 0.1) is 11.8 Å². The highest BCUT2D eigenvalue weighted by molar-refractivity contribution is 9.11. The summed E-state index contributed by atoms with van der Waals surface area (Å²) in [5, 5.41) is 0. The summed E-state index contributed by atoms with van der Waals surface area (Å²) in [5.74, 6) is 1.04. The maximum atomic E-state index is 14.5. The number of hydrogen-bond donors (Lipinski definition) is 0. The van der Waals surface area contributed by atoms with Crippen molar-refractivity contribution < 1.29 is 0 Å². The zero-order valence-corrected chi connectivity index (χ0v) is 34.9. The van der Waals surface area contributed by atoms with Gasteiger partial charge in [-0.15, -0.1) is 22.7 Å². The van der Waals surface area contributed by atoms with E-state index in [-0.39, 0.29) is 11.1 Å². The van der Waals surface area contributed by atoms with E-state index in [1.54, 1.807) is 22.7 Å².